The van der Waals surface area contributed by atoms with Crippen LogP contribution in [0.25, 0.3) is 10.8 Å². The molecule has 0 fully saturated rings. The van der Waals surface area contributed by atoms with Crippen LogP contribution >= 0.6 is 0 Å². The lowest BCUT2D eigenvalue weighted by Gasteiger charge is -2.27. The van der Waals surface area contributed by atoms with Gasteiger partial charge in [-0.2, -0.15) is 0 Å². The van der Waals surface area contributed by atoms with Gasteiger partial charge in [0.2, 0.25) is 0 Å². The minimum atomic E-state index is 0.865. The predicted octanol–water partition coefficient (Wildman–Crippen LogP) is 5.97. The second-order valence-electron chi connectivity index (χ2n) is 6.45. The van der Waals surface area contributed by atoms with E-state index in [9.17, 15) is 0 Å². The van der Waals surface area contributed by atoms with Gasteiger partial charge in [0.1, 0.15) is 0 Å². The maximum absolute atomic E-state index is 6.32. The largest absolute Gasteiger partial charge is 0.453 e. The predicted molar refractivity (Wildman–Crippen MR) is 111 cm³/mol. The molecule has 4 nitrogen and oxygen atoms in total. The zero-order chi connectivity index (χ0) is 18.1. The zero-order valence-corrected chi connectivity index (χ0v) is 15.6. The van der Waals surface area contributed by atoms with Crippen LogP contribution in [0.2, 0.25) is 0 Å². The van der Waals surface area contributed by atoms with E-state index in [0.29, 0.717) is 0 Å². The monoisotopic (exact) mass is 347 g/mol. The minimum absolute atomic E-state index is 0.865. The Morgan fingerprint density at radius 3 is 2.42 bits per heavy atom. The standard InChI is InChI=1S/C22H25N3O/c1-4-23-19-14-21-22(17-10-8-7-9-16(17)19)24-18-12-11-15(13-20(18)26-21)25(5-2)6-3/h7-14,23-24H,4-6H2,1-3H3. The number of anilines is 4. The number of fused-ring (bicyclic) bond motifs is 4. The van der Waals surface area contributed by atoms with Crippen molar-refractivity contribution in [2.75, 3.05) is 35.2 Å². The van der Waals surface area contributed by atoms with Crippen LogP contribution in [0.4, 0.5) is 22.7 Å². The summed E-state index contributed by atoms with van der Waals surface area (Å²) in [5.41, 5.74) is 4.33. The van der Waals surface area contributed by atoms with Gasteiger partial charge in [-0.25, -0.2) is 0 Å². The molecular weight excluding hydrogens is 322 g/mol. The Hall–Kier alpha value is -2.88. The molecule has 134 valence electrons. The smallest absolute Gasteiger partial charge is 0.153 e. The number of nitrogens with zero attached hydrogens (tertiary/aromatic N) is 1. The minimum Gasteiger partial charge on any atom is -0.453 e. The molecular formula is C22H25N3O. The van der Waals surface area contributed by atoms with E-state index in [2.05, 4.69) is 84.8 Å². The van der Waals surface area contributed by atoms with Gasteiger partial charge in [0, 0.05) is 53.9 Å². The van der Waals surface area contributed by atoms with Crippen molar-refractivity contribution in [3.8, 4) is 11.5 Å². The normalized spacial score (nSPS) is 12.0. The first kappa shape index (κ1) is 16.6. The summed E-state index contributed by atoms with van der Waals surface area (Å²) < 4.78 is 6.32. The maximum atomic E-state index is 6.32. The summed E-state index contributed by atoms with van der Waals surface area (Å²) in [7, 11) is 0. The Kier molecular flexibility index (Phi) is 4.33. The summed E-state index contributed by atoms with van der Waals surface area (Å²) in [5.74, 6) is 1.74. The number of rotatable bonds is 5. The van der Waals surface area contributed by atoms with E-state index in [0.717, 1.165) is 48.2 Å². The highest BCUT2D eigenvalue weighted by molar-refractivity contribution is 6.06. The second kappa shape index (κ2) is 6.79. The lowest BCUT2D eigenvalue weighted by atomic mass is 10.0. The van der Waals surface area contributed by atoms with Gasteiger partial charge in [-0.3, -0.25) is 0 Å². The summed E-state index contributed by atoms with van der Waals surface area (Å²) >= 11 is 0. The first-order valence-corrected chi connectivity index (χ1v) is 9.38. The third-order valence-corrected chi connectivity index (χ3v) is 4.95. The summed E-state index contributed by atoms with van der Waals surface area (Å²) in [6, 6.07) is 16.9. The van der Waals surface area contributed by atoms with E-state index in [1.807, 2.05) is 0 Å². The Morgan fingerprint density at radius 1 is 0.923 bits per heavy atom. The first-order valence-electron chi connectivity index (χ1n) is 9.38. The Morgan fingerprint density at radius 2 is 1.69 bits per heavy atom. The van der Waals surface area contributed by atoms with Crippen molar-refractivity contribution >= 4 is 33.5 Å². The van der Waals surface area contributed by atoms with Crippen LogP contribution in [0.3, 0.4) is 0 Å². The molecule has 26 heavy (non-hydrogen) atoms. The Bertz CT molecular complexity index is 948. The van der Waals surface area contributed by atoms with Gasteiger partial charge in [-0.05, 0) is 32.9 Å². The number of benzene rings is 3. The molecule has 2 N–H and O–H groups in total. The average Bonchev–Trinajstić information content (AvgIpc) is 2.68. The summed E-state index contributed by atoms with van der Waals surface area (Å²) in [6.45, 7) is 9.29. The van der Waals surface area contributed by atoms with Gasteiger partial charge in [0.25, 0.3) is 0 Å². The van der Waals surface area contributed by atoms with E-state index in [1.54, 1.807) is 0 Å². The van der Waals surface area contributed by atoms with Crippen molar-refractivity contribution in [1.82, 2.24) is 0 Å². The van der Waals surface area contributed by atoms with Gasteiger partial charge < -0.3 is 20.3 Å². The number of nitrogens with one attached hydrogen (secondary N) is 2. The fourth-order valence-electron chi connectivity index (χ4n) is 3.63. The molecule has 0 saturated carbocycles. The fraction of sp³-hybridized carbons (Fsp3) is 0.273. The lowest BCUT2D eigenvalue weighted by molar-refractivity contribution is 0.482. The van der Waals surface area contributed by atoms with E-state index >= 15 is 0 Å². The number of ether oxygens (including phenoxy) is 1. The van der Waals surface area contributed by atoms with Crippen LogP contribution in [-0.2, 0) is 0 Å². The van der Waals surface area contributed by atoms with E-state index in [4.69, 9.17) is 4.74 Å². The van der Waals surface area contributed by atoms with Gasteiger partial charge in [-0.15, -0.1) is 0 Å². The van der Waals surface area contributed by atoms with Crippen LogP contribution in [0.1, 0.15) is 20.8 Å². The number of hydrogen-bond donors (Lipinski definition) is 2. The molecule has 0 radical (unpaired) electrons. The van der Waals surface area contributed by atoms with Crippen molar-refractivity contribution in [2.45, 2.75) is 20.8 Å². The molecule has 0 aliphatic carbocycles. The van der Waals surface area contributed by atoms with E-state index in [1.165, 1.54) is 16.5 Å². The van der Waals surface area contributed by atoms with Crippen molar-refractivity contribution < 1.29 is 4.74 Å². The van der Waals surface area contributed by atoms with Gasteiger partial charge in [0.15, 0.2) is 11.5 Å². The quantitative estimate of drug-likeness (QED) is 0.466. The molecule has 3 aromatic carbocycles. The van der Waals surface area contributed by atoms with Crippen LogP contribution in [-0.4, -0.2) is 19.6 Å². The summed E-state index contributed by atoms with van der Waals surface area (Å²) in [4.78, 5) is 2.32. The molecule has 4 rings (SSSR count). The molecule has 0 spiro atoms. The van der Waals surface area contributed by atoms with Crippen molar-refractivity contribution in [3.05, 3.63) is 48.5 Å². The molecule has 0 bridgehead atoms. The SMILES string of the molecule is CCNc1cc2c(c3ccccc13)Nc1ccc(N(CC)CC)cc1O2. The Balaban J connectivity index is 1.80. The van der Waals surface area contributed by atoms with E-state index in [-0.39, 0.29) is 0 Å². The molecule has 0 atom stereocenters. The molecule has 1 heterocycles. The molecule has 0 unspecified atom stereocenters. The van der Waals surface area contributed by atoms with Crippen molar-refractivity contribution in [1.29, 1.82) is 0 Å². The van der Waals surface area contributed by atoms with Crippen molar-refractivity contribution in [2.24, 2.45) is 0 Å². The molecule has 0 saturated heterocycles. The van der Waals surface area contributed by atoms with Crippen LogP contribution < -0.4 is 20.3 Å². The van der Waals surface area contributed by atoms with Gasteiger partial charge in [0.05, 0.1) is 11.4 Å². The topological polar surface area (TPSA) is 36.5 Å². The van der Waals surface area contributed by atoms with Crippen molar-refractivity contribution in [3.63, 3.8) is 0 Å². The third-order valence-electron chi connectivity index (χ3n) is 4.95. The second-order valence-corrected chi connectivity index (χ2v) is 6.45. The average molecular weight is 347 g/mol. The zero-order valence-electron chi connectivity index (χ0n) is 15.6. The highest BCUT2D eigenvalue weighted by Gasteiger charge is 2.21. The van der Waals surface area contributed by atoms with Gasteiger partial charge >= 0.3 is 0 Å². The summed E-state index contributed by atoms with van der Waals surface area (Å²) in [6.07, 6.45) is 0. The number of hydrogen-bond acceptors (Lipinski definition) is 4. The van der Waals surface area contributed by atoms with E-state index < -0.39 is 0 Å². The molecule has 1 aliphatic heterocycles. The van der Waals surface area contributed by atoms with Crippen LogP contribution in [0.15, 0.2) is 48.5 Å². The summed E-state index contributed by atoms with van der Waals surface area (Å²) in [5, 5.41) is 9.41. The molecule has 3 aromatic rings. The fourth-order valence-corrected chi connectivity index (χ4v) is 3.63. The first-order chi connectivity index (χ1) is 12.7. The van der Waals surface area contributed by atoms with Gasteiger partial charge in [-0.1, -0.05) is 24.3 Å². The molecule has 0 aromatic heterocycles. The van der Waals surface area contributed by atoms with Crippen LogP contribution in [0.5, 0.6) is 11.5 Å². The highest BCUT2D eigenvalue weighted by atomic mass is 16.5. The maximum Gasteiger partial charge on any atom is 0.153 e. The molecule has 4 heteroatoms. The van der Waals surface area contributed by atoms with Crippen LogP contribution in [0, 0.1) is 0 Å². The Labute approximate surface area is 154 Å². The highest BCUT2D eigenvalue weighted by Crippen LogP contribution is 2.48. The molecule has 0 amide bonds. The third kappa shape index (κ3) is 2.71. The molecule has 1 aliphatic rings. The lowest BCUT2D eigenvalue weighted by Crippen LogP contribution is -2.21.